The molecule has 0 radical (unpaired) electrons. The molecule has 21 heavy (non-hydrogen) atoms. The number of ether oxygens (including phenoxy) is 1. The van der Waals surface area contributed by atoms with E-state index in [0.717, 1.165) is 25.0 Å². The lowest BCUT2D eigenvalue weighted by Crippen LogP contribution is -2.32. The van der Waals surface area contributed by atoms with Gasteiger partial charge in [-0.25, -0.2) is 0 Å². The molecule has 1 N–H and O–H groups in total. The minimum absolute atomic E-state index is 0.0775. The molecular weight excluding hydrogens is 264 g/mol. The van der Waals surface area contributed by atoms with Crippen molar-refractivity contribution in [3.05, 3.63) is 53.6 Å². The lowest BCUT2D eigenvalue weighted by molar-refractivity contribution is -0.117. The molecule has 0 aliphatic carbocycles. The number of nitrogens with one attached hydrogen (secondary N) is 1. The third-order valence-electron chi connectivity index (χ3n) is 3.23. The Kier molecular flexibility index (Phi) is 5.74. The number of carbonyl (C=O) groups is 1. The van der Waals surface area contributed by atoms with Gasteiger partial charge in [-0.3, -0.25) is 4.79 Å². The summed E-state index contributed by atoms with van der Waals surface area (Å²) in [6, 6.07) is 11.6. The molecule has 1 amide bonds. The number of nitrogens with zero attached hydrogens (tertiary/aromatic N) is 1. The second kappa shape index (κ2) is 8.03. The first-order chi connectivity index (χ1) is 10.3. The van der Waals surface area contributed by atoms with Crippen LogP contribution in [-0.2, 0) is 9.53 Å². The normalized spacial score (nSPS) is 18.6. The number of rotatable bonds is 5. The Labute approximate surface area is 124 Å². The van der Waals surface area contributed by atoms with Gasteiger partial charge < -0.3 is 10.1 Å². The Morgan fingerprint density at radius 3 is 2.90 bits per heavy atom. The van der Waals surface area contributed by atoms with Crippen molar-refractivity contribution < 1.29 is 9.53 Å². The Morgan fingerprint density at radius 2 is 2.24 bits per heavy atom. The molecule has 0 spiro atoms. The highest BCUT2D eigenvalue weighted by Crippen LogP contribution is 2.10. The third kappa shape index (κ3) is 4.90. The molecule has 0 unspecified atom stereocenters. The number of carbonyl (C=O) groups excluding carboxylic acids is 1. The van der Waals surface area contributed by atoms with E-state index in [1.54, 1.807) is 6.08 Å². The number of amides is 1. The zero-order chi connectivity index (χ0) is 14.9. The summed E-state index contributed by atoms with van der Waals surface area (Å²) in [6.07, 6.45) is 7.15. The van der Waals surface area contributed by atoms with Crippen LogP contribution in [0.5, 0.6) is 0 Å². The van der Waals surface area contributed by atoms with E-state index in [1.807, 2.05) is 42.5 Å². The van der Waals surface area contributed by atoms with E-state index in [9.17, 15) is 4.79 Å². The summed E-state index contributed by atoms with van der Waals surface area (Å²) in [5, 5.41) is 11.8. The fourth-order valence-corrected chi connectivity index (χ4v) is 2.09. The van der Waals surface area contributed by atoms with Crippen LogP contribution in [0.1, 0.15) is 18.4 Å². The van der Waals surface area contributed by atoms with Crippen molar-refractivity contribution >= 4 is 12.0 Å². The van der Waals surface area contributed by atoms with Gasteiger partial charge in [0.2, 0.25) is 0 Å². The van der Waals surface area contributed by atoms with E-state index in [4.69, 9.17) is 10.00 Å². The van der Waals surface area contributed by atoms with Gasteiger partial charge in [0, 0.05) is 13.2 Å². The van der Waals surface area contributed by atoms with Crippen LogP contribution >= 0.6 is 0 Å². The van der Waals surface area contributed by atoms with Gasteiger partial charge in [-0.1, -0.05) is 42.5 Å². The molecule has 0 saturated carbocycles. The second-order valence-electron chi connectivity index (χ2n) is 4.81. The number of hydrogen-bond donors (Lipinski definition) is 1. The number of benzene rings is 1. The molecule has 4 heteroatoms. The first-order valence-electron chi connectivity index (χ1n) is 7.03. The second-order valence-corrected chi connectivity index (χ2v) is 4.81. The van der Waals surface area contributed by atoms with Crippen molar-refractivity contribution in [2.75, 3.05) is 13.2 Å². The van der Waals surface area contributed by atoms with Crippen LogP contribution in [-0.4, -0.2) is 25.2 Å². The monoisotopic (exact) mass is 282 g/mol. The zero-order valence-corrected chi connectivity index (χ0v) is 11.8. The van der Waals surface area contributed by atoms with Gasteiger partial charge in [-0.2, -0.15) is 5.26 Å². The van der Waals surface area contributed by atoms with Crippen LogP contribution in [0.2, 0.25) is 0 Å². The molecule has 2 rings (SSSR count). The van der Waals surface area contributed by atoms with Gasteiger partial charge in [0.05, 0.1) is 6.10 Å². The van der Waals surface area contributed by atoms with Crippen LogP contribution in [0, 0.1) is 11.3 Å². The highest BCUT2D eigenvalue weighted by Gasteiger charge is 2.17. The van der Waals surface area contributed by atoms with E-state index < -0.39 is 0 Å². The van der Waals surface area contributed by atoms with Gasteiger partial charge in [-0.15, -0.1) is 0 Å². The molecule has 1 fully saturated rings. The first kappa shape index (κ1) is 15.0. The van der Waals surface area contributed by atoms with Crippen molar-refractivity contribution in [1.82, 2.24) is 5.32 Å². The Balaban J connectivity index is 1.88. The molecule has 1 aromatic carbocycles. The SMILES string of the molecule is N#C/C(=C/C=C/c1ccccc1)C(=O)NC[C@@H]1CCCO1. The zero-order valence-electron chi connectivity index (χ0n) is 11.8. The van der Waals surface area contributed by atoms with Crippen molar-refractivity contribution in [3.8, 4) is 6.07 Å². The predicted molar refractivity (Wildman–Crippen MR) is 81.2 cm³/mol. The molecule has 1 heterocycles. The first-order valence-corrected chi connectivity index (χ1v) is 7.03. The highest BCUT2D eigenvalue weighted by atomic mass is 16.5. The quantitative estimate of drug-likeness (QED) is 0.512. The lowest BCUT2D eigenvalue weighted by atomic mass is 10.2. The Morgan fingerprint density at radius 1 is 1.43 bits per heavy atom. The highest BCUT2D eigenvalue weighted by molar-refractivity contribution is 5.97. The smallest absolute Gasteiger partial charge is 0.262 e. The van der Waals surface area contributed by atoms with E-state index in [2.05, 4.69) is 5.32 Å². The summed E-state index contributed by atoms with van der Waals surface area (Å²) < 4.78 is 5.42. The minimum Gasteiger partial charge on any atom is -0.376 e. The molecule has 4 nitrogen and oxygen atoms in total. The van der Waals surface area contributed by atoms with Crippen molar-refractivity contribution in [2.24, 2.45) is 0 Å². The Hall–Kier alpha value is -2.38. The van der Waals surface area contributed by atoms with E-state index in [-0.39, 0.29) is 17.6 Å². The summed E-state index contributed by atoms with van der Waals surface area (Å²) in [4.78, 5) is 11.9. The fourth-order valence-electron chi connectivity index (χ4n) is 2.09. The maximum absolute atomic E-state index is 11.9. The Bertz CT molecular complexity index is 564. The molecule has 1 aliphatic rings. The predicted octanol–water partition coefficient (Wildman–Crippen LogP) is 2.44. The largest absolute Gasteiger partial charge is 0.376 e. The van der Waals surface area contributed by atoms with Crippen LogP contribution in [0.25, 0.3) is 6.08 Å². The maximum atomic E-state index is 11.9. The van der Waals surface area contributed by atoms with Gasteiger partial charge in [-0.05, 0) is 24.5 Å². The van der Waals surface area contributed by atoms with Gasteiger partial charge in [0.25, 0.3) is 5.91 Å². The summed E-state index contributed by atoms with van der Waals surface area (Å²) in [6.45, 7) is 1.21. The van der Waals surface area contributed by atoms with E-state index >= 15 is 0 Å². The average Bonchev–Trinajstić information content (AvgIpc) is 3.04. The molecule has 1 aliphatic heterocycles. The van der Waals surface area contributed by atoms with Gasteiger partial charge in [0.15, 0.2) is 0 Å². The summed E-state index contributed by atoms with van der Waals surface area (Å²) in [7, 11) is 0. The average molecular weight is 282 g/mol. The maximum Gasteiger partial charge on any atom is 0.262 e. The van der Waals surface area contributed by atoms with Crippen molar-refractivity contribution in [2.45, 2.75) is 18.9 Å². The van der Waals surface area contributed by atoms with Crippen LogP contribution in [0.15, 0.2) is 48.1 Å². The molecule has 1 atom stereocenters. The standard InChI is InChI=1S/C17H18N2O2/c18-12-15(9-4-8-14-6-2-1-3-7-14)17(20)19-13-16-10-5-11-21-16/h1-4,6-9,16H,5,10-11,13H2,(H,19,20)/b8-4+,15-9-/t16-/m0/s1. The molecule has 0 bridgehead atoms. The third-order valence-corrected chi connectivity index (χ3v) is 3.23. The van der Waals surface area contributed by atoms with E-state index in [0.29, 0.717) is 6.54 Å². The summed E-state index contributed by atoms with van der Waals surface area (Å²) >= 11 is 0. The molecular formula is C17H18N2O2. The topological polar surface area (TPSA) is 62.1 Å². The molecule has 108 valence electrons. The van der Waals surface area contributed by atoms with Crippen LogP contribution in [0.3, 0.4) is 0 Å². The molecule has 0 aromatic heterocycles. The fraction of sp³-hybridized carbons (Fsp3) is 0.294. The lowest BCUT2D eigenvalue weighted by Gasteiger charge is -2.09. The van der Waals surface area contributed by atoms with Crippen molar-refractivity contribution in [1.29, 1.82) is 5.26 Å². The molecule has 1 aromatic rings. The van der Waals surface area contributed by atoms with Gasteiger partial charge >= 0.3 is 0 Å². The summed E-state index contributed by atoms with van der Waals surface area (Å²) in [5.41, 5.74) is 1.12. The summed E-state index contributed by atoms with van der Waals surface area (Å²) in [5.74, 6) is -0.356. The van der Waals surface area contributed by atoms with Crippen LogP contribution < -0.4 is 5.32 Å². The molecule has 1 saturated heterocycles. The number of hydrogen-bond acceptors (Lipinski definition) is 3. The van der Waals surface area contributed by atoms with Gasteiger partial charge in [0.1, 0.15) is 11.6 Å². The van der Waals surface area contributed by atoms with Crippen LogP contribution in [0.4, 0.5) is 0 Å². The number of nitriles is 1. The van der Waals surface area contributed by atoms with Crippen molar-refractivity contribution in [3.63, 3.8) is 0 Å². The minimum atomic E-state index is -0.356. The number of allylic oxidation sites excluding steroid dienone is 2. The van der Waals surface area contributed by atoms with E-state index in [1.165, 1.54) is 6.08 Å².